The summed E-state index contributed by atoms with van der Waals surface area (Å²) in [6.07, 6.45) is 1.66. The topological polar surface area (TPSA) is 83.6 Å². The number of carbonyl (C=O) groups excluding carboxylic acids is 1. The first kappa shape index (κ1) is 14.5. The van der Waals surface area contributed by atoms with Gasteiger partial charge in [-0.15, -0.1) is 0 Å². The van der Waals surface area contributed by atoms with Crippen LogP contribution in [-0.2, 0) is 9.53 Å². The zero-order chi connectivity index (χ0) is 15.7. The summed E-state index contributed by atoms with van der Waals surface area (Å²) in [5, 5.41) is 14.3. The number of fused-ring (bicyclic) bond motifs is 3. The molecule has 1 aromatic carbocycles. The van der Waals surface area contributed by atoms with Gasteiger partial charge in [-0.05, 0) is 6.07 Å². The van der Waals surface area contributed by atoms with E-state index in [1.807, 2.05) is 18.2 Å². The maximum absolute atomic E-state index is 10.7. The normalized spacial score (nSPS) is 18.1. The Balaban J connectivity index is 2.21. The monoisotopic (exact) mass is 302 g/mol. The van der Waals surface area contributed by atoms with Crippen LogP contribution >= 0.6 is 0 Å². The summed E-state index contributed by atoms with van der Waals surface area (Å²) < 4.78 is 10.8. The predicted molar refractivity (Wildman–Crippen MR) is 82.4 cm³/mol. The molecule has 22 heavy (non-hydrogen) atoms. The fourth-order valence-corrected chi connectivity index (χ4v) is 2.90. The standard InChI is InChI=1S/C16H18N2O4/c1-21-11-5-3-4-9-13-12(22-2)8-17-15(10(20)6-7-19)16(13)18-14(9)11/h3-5,7-8,10,15,17-18,20H,6H2,1-2H3. The highest BCUT2D eigenvalue weighted by Gasteiger charge is 2.31. The van der Waals surface area contributed by atoms with Gasteiger partial charge >= 0.3 is 0 Å². The molecule has 0 fully saturated rings. The van der Waals surface area contributed by atoms with E-state index in [9.17, 15) is 9.90 Å². The van der Waals surface area contributed by atoms with Gasteiger partial charge in [0.25, 0.3) is 0 Å². The van der Waals surface area contributed by atoms with E-state index in [2.05, 4.69) is 10.3 Å². The second-order valence-electron chi connectivity index (χ2n) is 5.12. The summed E-state index contributed by atoms with van der Waals surface area (Å²) in [5.41, 5.74) is 2.50. The van der Waals surface area contributed by atoms with Crippen LogP contribution in [0, 0.1) is 0 Å². The molecule has 0 spiro atoms. The van der Waals surface area contributed by atoms with Crippen LogP contribution in [0.3, 0.4) is 0 Å². The van der Waals surface area contributed by atoms with Gasteiger partial charge in [0, 0.05) is 23.6 Å². The molecule has 2 atom stereocenters. The number of methoxy groups -OCH3 is 2. The lowest BCUT2D eigenvalue weighted by Gasteiger charge is -2.27. The maximum Gasteiger partial charge on any atom is 0.144 e. The Morgan fingerprint density at radius 3 is 2.86 bits per heavy atom. The average Bonchev–Trinajstić information content (AvgIpc) is 2.93. The number of rotatable bonds is 5. The van der Waals surface area contributed by atoms with Gasteiger partial charge in [-0.1, -0.05) is 12.1 Å². The molecule has 0 bridgehead atoms. The number of H-pyrrole nitrogens is 1. The average molecular weight is 302 g/mol. The first-order valence-corrected chi connectivity index (χ1v) is 7.02. The van der Waals surface area contributed by atoms with Crippen molar-refractivity contribution >= 4 is 22.9 Å². The molecule has 2 aromatic rings. The van der Waals surface area contributed by atoms with Gasteiger partial charge in [0.05, 0.1) is 37.6 Å². The minimum atomic E-state index is -0.829. The molecule has 0 saturated carbocycles. The summed E-state index contributed by atoms with van der Waals surface area (Å²) in [5.74, 6) is 1.38. The van der Waals surface area contributed by atoms with Gasteiger partial charge in [0.2, 0.25) is 0 Å². The zero-order valence-corrected chi connectivity index (χ0v) is 12.4. The third kappa shape index (κ3) is 2.12. The van der Waals surface area contributed by atoms with Gasteiger partial charge < -0.3 is 29.7 Å². The molecule has 0 radical (unpaired) electrons. The second kappa shape index (κ2) is 5.73. The van der Waals surface area contributed by atoms with Crippen LogP contribution < -0.4 is 10.1 Å². The number of aldehydes is 1. The predicted octanol–water partition coefficient (Wildman–Crippen LogP) is 1.72. The lowest BCUT2D eigenvalue weighted by atomic mass is 9.97. The Labute approximate surface area is 127 Å². The molecule has 0 amide bonds. The van der Waals surface area contributed by atoms with Crippen molar-refractivity contribution in [2.75, 3.05) is 14.2 Å². The number of aromatic amines is 1. The van der Waals surface area contributed by atoms with Gasteiger partial charge in [-0.25, -0.2) is 0 Å². The SMILES string of the molecule is COC1=CNC(C(O)CC=O)c2[nH]c3c(OC)cccc3c21. The van der Waals surface area contributed by atoms with Crippen molar-refractivity contribution in [3.63, 3.8) is 0 Å². The lowest BCUT2D eigenvalue weighted by Crippen LogP contribution is -2.32. The van der Waals surface area contributed by atoms with Gasteiger partial charge in [0.15, 0.2) is 0 Å². The van der Waals surface area contributed by atoms with Crippen molar-refractivity contribution < 1.29 is 19.4 Å². The van der Waals surface area contributed by atoms with Crippen molar-refractivity contribution in [3.8, 4) is 5.75 Å². The number of hydrogen-bond donors (Lipinski definition) is 3. The fourth-order valence-electron chi connectivity index (χ4n) is 2.90. The molecule has 1 aromatic heterocycles. The number of aromatic nitrogens is 1. The molecule has 1 aliphatic rings. The first-order chi connectivity index (χ1) is 10.7. The number of aliphatic hydroxyl groups is 1. The summed E-state index contributed by atoms with van der Waals surface area (Å²) in [6, 6.07) is 5.33. The Kier molecular flexibility index (Phi) is 3.77. The summed E-state index contributed by atoms with van der Waals surface area (Å²) in [4.78, 5) is 14.0. The highest BCUT2D eigenvalue weighted by molar-refractivity contribution is 5.96. The molecular formula is C16H18N2O4. The number of ether oxygens (including phenoxy) is 2. The summed E-state index contributed by atoms with van der Waals surface area (Å²) in [7, 11) is 3.21. The van der Waals surface area contributed by atoms with E-state index in [-0.39, 0.29) is 6.42 Å². The lowest BCUT2D eigenvalue weighted by molar-refractivity contribution is -0.109. The molecule has 3 rings (SSSR count). The van der Waals surface area contributed by atoms with Crippen molar-refractivity contribution in [2.24, 2.45) is 0 Å². The number of para-hydroxylation sites is 1. The third-order valence-corrected chi connectivity index (χ3v) is 3.94. The van der Waals surface area contributed by atoms with Crippen LogP contribution in [0.5, 0.6) is 5.75 Å². The van der Waals surface area contributed by atoms with Gasteiger partial charge in [-0.2, -0.15) is 0 Å². The van der Waals surface area contributed by atoms with E-state index in [0.717, 1.165) is 22.2 Å². The van der Waals surface area contributed by atoms with Gasteiger partial charge in [0.1, 0.15) is 17.8 Å². The molecule has 2 heterocycles. The quantitative estimate of drug-likeness (QED) is 0.732. The van der Waals surface area contributed by atoms with E-state index >= 15 is 0 Å². The largest absolute Gasteiger partial charge is 0.495 e. The molecule has 116 valence electrons. The Bertz CT molecular complexity index is 735. The van der Waals surface area contributed by atoms with Crippen molar-refractivity contribution in [2.45, 2.75) is 18.6 Å². The molecule has 6 heteroatoms. The van der Waals surface area contributed by atoms with Crippen LogP contribution in [0.4, 0.5) is 0 Å². The van der Waals surface area contributed by atoms with Crippen LogP contribution in [-0.4, -0.2) is 36.7 Å². The molecular weight excluding hydrogens is 284 g/mol. The van der Waals surface area contributed by atoms with Crippen molar-refractivity contribution in [1.29, 1.82) is 0 Å². The number of benzene rings is 1. The maximum atomic E-state index is 10.7. The zero-order valence-electron chi connectivity index (χ0n) is 12.4. The van der Waals surface area contributed by atoms with E-state index in [0.29, 0.717) is 17.8 Å². The minimum absolute atomic E-state index is 0.0553. The molecule has 2 unspecified atom stereocenters. The van der Waals surface area contributed by atoms with Crippen molar-refractivity contribution in [1.82, 2.24) is 10.3 Å². The molecule has 6 nitrogen and oxygen atoms in total. The first-order valence-electron chi connectivity index (χ1n) is 7.02. The minimum Gasteiger partial charge on any atom is -0.495 e. The molecule has 0 saturated heterocycles. The summed E-state index contributed by atoms with van der Waals surface area (Å²) >= 11 is 0. The summed E-state index contributed by atoms with van der Waals surface area (Å²) in [6.45, 7) is 0. The van der Waals surface area contributed by atoms with Crippen LogP contribution in [0.2, 0.25) is 0 Å². The van der Waals surface area contributed by atoms with Crippen LogP contribution in [0.15, 0.2) is 24.4 Å². The second-order valence-corrected chi connectivity index (χ2v) is 5.12. The Hall–Kier alpha value is -2.47. The Morgan fingerprint density at radius 2 is 2.18 bits per heavy atom. The third-order valence-electron chi connectivity index (χ3n) is 3.94. The highest BCUT2D eigenvalue weighted by atomic mass is 16.5. The number of carbonyl (C=O) groups is 1. The van der Waals surface area contributed by atoms with E-state index in [1.54, 1.807) is 20.4 Å². The number of hydrogen-bond acceptors (Lipinski definition) is 5. The fraction of sp³-hybridized carbons (Fsp3) is 0.312. The molecule has 0 aliphatic carbocycles. The van der Waals surface area contributed by atoms with E-state index in [4.69, 9.17) is 9.47 Å². The highest BCUT2D eigenvalue weighted by Crippen LogP contribution is 2.39. The van der Waals surface area contributed by atoms with Crippen molar-refractivity contribution in [3.05, 3.63) is 35.7 Å². The van der Waals surface area contributed by atoms with Gasteiger partial charge in [-0.3, -0.25) is 0 Å². The number of nitrogens with one attached hydrogen (secondary N) is 2. The van der Waals surface area contributed by atoms with E-state index in [1.165, 1.54) is 0 Å². The van der Waals surface area contributed by atoms with E-state index < -0.39 is 12.1 Å². The smallest absolute Gasteiger partial charge is 0.144 e. The molecule has 1 aliphatic heterocycles. The Morgan fingerprint density at radius 1 is 1.36 bits per heavy atom. The number of aliphatic hydroxyl groups excluding tert-OH is 1. The van der Waals surface area contributed by atoms with Crippen LogP contribution in [0.1, 0.15) is 23.7 Å². The van der Waals surface area contributed by atoms with Crippen LogP contribution in [0.25, 0.3) is 16.7 Å². The molecule has 3 N–H and O–H groups in total.